The Kier molecular flexibility index (Phi) is 3.81. The number of anilines is 1. The number of pyridine rings is 1. The summed E-state index contributed by atoms with van der Waals surface area (Å²) in [5.41, 5.74) is 1.89. The molecule has 1 fully saturated rings. The molecule has 18 heavy (non-hydrogen) atoms. The molecule has 5 heteroatoms. The summed E-state index contributed by atoms with van der Waals surface area (Å²) in [5.74, 6) is 0.960. The van der Waals surface area contributed by atoms with Gasteiger partial charge in [-0.25, -0.2) is 4.98 Å². The standard InChI is InChI=1S/C13H19N3O2/c1-9-5-11(8-17)6-14-13(9)16-4-3-12(7-16)15-10(2)18/h5-6,12,17H,3-4,7-8H2,1-2H3,(H,15,18). The Morgan fingerprint density at radius 3 is 3.06 bits per heavy atom. The van der Waals surface area contributed by atoms with E-state index in [4.69, 9.17) is 5.11 Å². The molecule has 2 N–H and O–H groups in total. The summed E-state index contributed by atoms with van der Waals surface area (Å²) in [4.78, 5) is 17.6. The van der Waals surface area contributed by atoms with Gasteiger partial charge in [-0.05, 0) is 30.5 Å². The summed E-state index contributed by atoms with van der Waals surface area (Å²) < 4.78 is 0. The number of rotatable bonds is 3. The van der Waals surface area contributed by atoms with E-state index in [1.807, 2.05) is 13.0 Å². The first-order chi connectivity index (χ1) is 8.60. The first-order valence-electron chi connectivity index (χ1n) is 6.18. The van der Waals surface area contributed by atoms with Crippen LogP contribution in [0.15, 0.2) is 12.3 Å². The van der Waals surface area contributed by atoms with Gasteiger partial charge in [0.25, 0.3) is 0 Å². The molecule has 1 saturated heterocycles. The van der Waals surface area contributed by atoms with Crippen molar-refractivity contribution in [2.45, 2.75) is 32.9 Å². The van der Waals surface area contributed by atoms with Crippen LogP contribution in [0, 0.1) is 6.92 Å². The average Bonchev–Trinajstić information content (AvgIpc) is 2.76. The van der Waals surface area contributed by atoms with Crippen LogP contribution in [-0.4, -0.2) is 35.1 Å². The van der Waals surface area contributed by atoms with Gasteiger partial charge >= 0.3 is 0 Å². The van der Waals surface area contributed by atoms with Gasteiger partial charge in [0.2, 0.25) is 5.91 Å². The number of aliphatic hydroxyl groups excluding tert-OH is 1. The zero-order valence-corrected chi connectivity index (χ0v) is 10.8. The predicted octanol–water partition coefficient (Wildman–Crippen LogP) is 0.597. The number of carbonyl (C=O) groups is 1. The van der Waals surface area contributed by atoms with E-state index >= 15 is 0 Å². The van der Waals surface area contributed by atoms with Crippen molar-refractivity contribution in [1.82, 2.24) is 10.3 Å². The van der Waals surface area contributed by atoms with Crippen molar-refractivity contribution in [3.05, 3.63) is 23.4 Å². The number of amides is 1. The van der Waals surface area contributed by atoms with Crippen LogP contribution in [0.1, 0.15) is 24.5 Å². The molecular weight excluding hydrogens is 230 g/mol. The maximum atomic E-state index is 11.0. The van der Waals surface area contributed by atoms with Crippen molar-refractivity contribution in [3.63, 3.8) is 0 Å². The second-order valence-corrected chi connectivity index (χ2v) is 4.77. The van der Waals surface area contributed by atoms with Crippen LogP contribution in [0.3, 0.4) is 0 Å². The number of hydrogen-bond acceptors (Lipinski definition) is 4. The first-order valence-corrected chi connectivity index (χ1v) is 6.18. The zero-order valence-electron chi connectivity index (χ0n) is 10.8. The minimum atomic E-state index is 0.0159. The summed E-state index contributed by atoms with van der Waals surface area (Å²) in [6, 6.07) is 2.16. The highest BCUT2D eigenvalue weighted by molar-refractivity contribution is 5.73. The molecule has 1 unspecified atom stereocenters. The number of aromatic nitrogens is 1. The van der Waals surface area contributed by atoms with Crippen LogP contribution < -0.4 is 10.2 Å². The third-order valence-corrected chi connectivity index (χ3v) is 3.19. The molecule has 1 aliphatic rings. The van der Waals surface area contributed by atoms with Gasteiger partial charge in [0.15, 0.2) is 0 Å². The molecule has 1 aliphatic heterocycles. The van der Waals surface area contributed by atoms with Crippen LogP contribution in [-0.2, 0) is 11.4 Å². The minimum Gasteiger partial charge on any atom is -0.392 e. The number of aryl methyl sites for hydroxylation is 1. The Balaban J connectivity index is 2.07. The van der Waals surface area contributed by atoms with Gasteiger partial charge in [0, 0.05) is 32.3 Å². The molecule has 0 aromatic carbocycles. The second-order valence-electron chi connectivity index (χ2n) is 4.77. The average molecular weight is 249 g/mol. The maximum Gasteiger partial charge on any atom is 0.217 e. The van der Waals surface area contributed by atoms with Crippen molar-refractivity contribution in [3.8, 4) is 0 Å². The molecule has 0 spiro atoms. The third kappa shape index (κ3) is 2.79. The normalized spacial score (nSPS) is 19.1. The topological polar surface area (TPSA) is 65.5 Å². The molecule has 0 radical (unpaired) electrons. The van der Waals surface area contributed by atoms with Gasteiger partial charge in [0.1, 0.15) is 5.82 Å². The summed E-state index contributed by atoms with van der Waals surface area (Å²) in [5, 5.41) is 12.0. The molecule has 1 aromatic heterocycles. The fourth-order valence-electron chi connectivity index (χ4n) is 2.40. The molecule has 5 nitrogen and oxygen atoms in total. The number of nitrogens with one attached hydrogen (secondary N) is 1. The third-order valence-electron chi connectivity index (χ3n) is 3.19. The number of aliphatic hydroxyl groups is 1. The summed E-state index contributed by atoms with van der Waals surface area (Å²) in [6.45, 7) is 5.25. The van der Waals surface area contributed by atoms with Crippen LogP contribution >= 0.6 is 0 Å². The van der Waals surface area contributed by atoms with E-state index in [1.165, 1.54) is 0 Å². The molecule has 1 amide bonds. The molecule has 1 aromatic rings. The Hall–Kier alpha value is -1.62. The van der Waals surface area contributed by atoms with Gasteiger partial charge in [-0.1, -0.05) is 0 Å². The van der Waals surface area contributed by atoms with Gasteiger partial charge < -0.3 is 15.3 Å². The fraction of sp³-hybridized carbons (Fsp3) is 0.538. The lowest BCUT2D eigenvalue weighted by Crippen LogP contribution is -2.35. The molecular formula is C13H19N3O2. The molecule has 0 saturated carbocycles. The Bertz CT molecular complexity index is 448. The largest absolute Gasteiger partial charge is 0.392 e. The monoisotopic (exact) mass is 249 g/mol. The van der Waals surface area contributed by atoms with Gasteiger partial charge in [-0.15, -0.1) is 0 Å². The smallest absolute Gasteiger partial charge is 0.217 e. The van der Waals surface area contributed by atoms with Crippen molar-refractivity contribution in [2.24, 2.45) is 0 Å². The van der Waals surface area contributed by atoms with Gasteiger partial charge in [-0.2, -0.15) is 0 Å². The van der Waals surface area contributed by atoms with Crippen molar-refractivity contribution < 1.29 is 9.90 Å². The highest BCUT2D eigenvalue weighted by atomic mass is 16.3. The highest BCUT2D eigenvalue weighted by Gasteiger charge is 2.24. The molecule has 98 valence electrons. The second kappa shape index (κ2) is 5.35. The lowest BCUT2D eigenvalue weighted by Gasteiger charge is -2.20. The van der Waals surface area contributed by atoms with E-state index < -0.39 is 0 Å². The van der Waals surface area contributed by atoms with E-state index in [1.54, 1.807) is 13.1 Å². The maximum absolute atomic E-state index is 11.0. The van der Waals surface area contributed by atoms with Crippen molar-refractivity contribution in [2.75, 3.05) is 18.0 Å². The van der Waals surface area contributed by atoms with E-state index in [0.29, 0.717) is 0 Å². The van der Waals surface area contributed by atoms with Crippen LogP contribution in [0.2, 0.25) is 0 Å². The van der Waals surface area contributed by atoms with Crippen molar-refractivity contribution >= 4 is 11.7 Å². The summed E-state index contributed by atoms with van der Waals surface area (Å²) in [6.07, 6.45) is 2.65. The minimum absolute atomic E-state index is 0.0159. The zero-order chi connectivity index (χ0) is 13.1. The summed E-state index contributed by atoms with van der Waals surface area (Å²) in [7, 11) is 0. The number of nitrogens with zero attached hydrogens (tertiary/aromatic N) is 2. The molecule has 2 heterocycles. The van der Waals surface area contributed by atoms with E-state index in [0.717, 1.165) is 36.5 Å². The van der Waals surface area contributed by atoms with Crippen LogP contribution in [0.25, 0.3) is 0 Å². The molecule has 0 bridgehead atoms. The fourth-order valence-corrected chi connectivity index (χ4v) is 2.40. The number of hydrogen-bond donors (Lipinski definition) is 2. The molecule has 1 atom stereocenters. The lowest BCUT2D eigenvalue weighted by atomic mass is 10.2. The van der Waals surface area contributed by atoms with Crippen molar-refractivity contribution in [1.29, 1.82) is 0 Å². The quantitative estimate of drug-likeness (QED) is 0.823. The summed E-state index contributed by atoms with van der Waals surface area (Å²) >= 11 is 0. The Morgan fingerprint density at radius 1 is 1.67 bits per heavy atom. The first kappa shape index (κ1) is 12.8. The van der Waals surface area contributed by atoms with E-state index in [-0.39, 0.29) is 18.6 Å². The predicted molar refractivity (Wildman–Crippen MR) is 69.3 cm³/mol. The number of carbonyl (C=O) groups excluding carboxylic acids is 1. The SMILES string of the molecule is CC(=O)NC1CCN(c2ncc(CO)cc2C)C1. The highest BCUT2D eigenvalue weighted by Crippen LogP contribution is 2.22. The van der Waals surface area contributed by atoms with E-state index in [9.17, 15) is 4.79 Å². The van der Waals surface area contributed by atoms with Crippen LogP contribution in [0.4, 0.5) is 5.82 Å². The lowest BCUT2D eigenvalue weighted by molar-refractivity contribution is -0.119. The van der Waals surface area contributed by atoms with Crippen LogP contribution in [0.5, 0.6) is 0 Å². The Labute approximate surface area is 107 Å². The molecule has 0 aliphatic carbocycles. The van der Waals surface area contributed by atoms with E-state index in [2.05, 4.69) is 15.2 Å². The molecule has 2 rings (SSSR count). The van der Waals surface area contributed by atoms with Gasteiger partial charge in [0.05, 0.1) is 6.61 Å². The Morgan fingerprint density at radius 2 is 2.44 bits per heavy atom. The van der Waals surface area contributed by atoms with Gasteiger partial charge in [-0.3, -0.25) is 4.79 Å².